The Balaban J connectivity index is 1.97. The Morgan fingerprint density at radius 3 is 2.42 bits per heavy atom. The van der Waals surface area contributed by atoms with Crippen LogP contribution in [-0.2, 0) is 15.3 Å². The number of rotatable bonds is 7. The molecule has 2 N–H and O–H groups in total. The normalized spacial score (nSPS) is 18.5. The fourth-order valence-electron chi connectivity index (χ4n) is 3.57. The lowest BCUT2D eigenvalue weighted by Gasteiger charge is -2.31. The van der Waals surface area contributed by atoms with Crippen molar-refractivity contribution in [3.63, 3.8) is 0 Å². The van der Waals surface area contributed by atoms with E-state index in [1.807, 2.05) is 6.92 Å². The van der Waals surface area contributed by atoms with Crippen molar-refractivity contribution in [1.82, 2.24) is 10.6 Å². The number of hydrogen-bond acceptors (Lipinski definition) is 3. The maximum absolute atomic E-state index is 11.3. The number of benzene rings is 1. The van der Waals surface area contributed by atoms with Crippen LogP contribution in [0.1, 0.15) is 44.6 Å². The summed E-state index contributed by atoms with van der Waals surface area (Å²) in [6.07, 6.45) is 6.67. The van der Waals surface area contributed by atoms with Crippen LogP contribution in [0.15, 0.2) is 33.7 Å². The maximum atomic E-state index is 11.3. The van der Waals surface area contributed by atoms with Crippen molar-refractivity contribution >= 4 is 31.7 Å². The van der Waals surface area contributed by atoms with Crippen molar-refractivity contribution in [2.75, 3.05) is 25.6 Å². The van der Waals surface area contributed by atoms with Gasteiger partial charge in [-0.15, -0.1) is 0 Å². The zero-order chi connectivity index (χ0) is 19.2. The summed E-state index contributed by atoms with van der Waals surface area (Å²) in [5.41, 5.74) is 1.50. The third kappa shape index (κ3) is 6.27. The second kappa shape index (κ2) is 9.22. The molecule has 26 heavy (non-hydrogen) atoms. The van der Waals surface area contributed by atoms with E-state index in [1.54, 1.807) is 7.05 Å². The molecule has 1 unspecified atom stereocenters. The van der Waals surface area contributed by atoms with E-state index in [2.05, 4.69) is 55.8 Å². The molecule has 146 valence electrons. The van der Waals surface area contributed by atoms with Gasteiger partial charge in [0.2, 0.25) is 0 Å². The summed E-state index contributed by atoms with van der Waals surface area (Å²) >= 11 is 3.51. The highest BCUT2D eigenvalue weighted by atomic mass is 79.9. The van der Waals surface area contributed by atoms with Crippen LogP contribution < -0.4 is 10.6 Å². The predicted octanol–water partition coefficient (Wildman–Crippen LogP) is 3.25. The standard InChI is InChI=1S/C19H30BrN3O2S/c1-15(10-13-26(3,24)25)23-18(21-2)22-14-19(11-4-5-12-19)16-6-8-17(20)9-7-16/h6-9,15H,4-5,10-14H2,1-3H3,(H2,21,22,23). The molecule has 1 fully saturated rings. The Kier molecular flexibility index (Phi) is 7.52. The number of nitrogens with zero attached hydrogens (tertiary/aromatic N) is 1. The molecule has 2 rings (SSSR count). The van der Waals surface area contributed by atoms with Gasteiger partial charge in [0, 0.05) is 35.8 Å². The monoisotopic (exact) mass is 443 g/mol. The zero-order valence-electron chi connectivity index (χ0n) is 15.9. The quantitative estimate of drug-likeness (QED) is 0.501. The van der Waals surface area contributed by atoms with E-state index in [0.29, 0.717) is 6.42 Å². The molecule has 0 heterocycles. The molecule has 0 bridgehead atoms. The van der Waals surface area contributed by atoms with Crippen molar-refractivity contribution in [2.45, 2.75) is 50.5 Å². The molecule has 5 nitrogen and oxygen atoms in total. The first kappa shape index (κ1) is 21.2. The van der Waals surface area contributed by atoms with Gasteiger partial charge >= 0.3 is 0 Å². The van der Waals surface area contributed by atoms with Crippen LogP contribution in [-0.4, -0.2) is 46.0 Å². The third-order valence-corrected chi connectivity index (χ3v) is 6.65. The van der Waals surface area contributed by atoms with E-state index in [9.17, 15) is 8.42 Å². The largest absolute Gasteiger partial charge is 0.356 e. The van der Waals surface area contributed by atoms with Gasteiger partial charge in [-0.05, 0) is 43.9 Å². The van der Waals surface area contributed by atoms with Crippen LogP contribution >= 0.6 is 15.9 Å². The Hall–Kier alpha value is -1.08. The van der Waals surface area contributed by atoms with Gasteiger partial charge < -0.3 is 10.6 Å². The Morgan fingerprint density at radius 1 is 1.27 bits per heavy atom. The fourth-order valence-corrected chi connectivity index (χ4v) is 4.61. The fraction of sp³-hybridized carbons (Fsp3) is 0.632. The molecule has 0 amide bonds. The number of sulfone groups is 1. The minimum absolute atomic E-state index is 0.0446. The van der Waals surface area contributed by atoms with Gasteiger partial charge in [-0.3, -0.25) is 4.99 Å². The van der Waals surface area contributed by atoms with E-state index in [1.165, 1.54) is 37.5 Å². The number of guanidine groups is 1. The maximum Gasteiger partial charge on any atom is 0.191 e. The summed E-state index contributed by atoms with van der Waals surface area (Å²) in [6.45, 7) is 2.81. The van der Waals surface area contributed by atoms with Gasteiger partial charge in [0.05, 0.1) is 5.75 Å². The van der Waals surface area contributed by atoms with Gasteiger partial charge in [-0.2, -0.15) is 0 Å². The van der Waals surface area contributed by atoms with E-state index in [4.69, 9.17) is 0 Å². The van der Waals surface area contributed by atoms with Crippen LogP contribution in [0.25, 0.3) is 0 Å². The Bertz CT molecular complexity index is 711. The van der Waals surface area contributed by atoms with Crippen molar-refractivity contribution in [3.8, 4) is 0 Å². The minimum Gasteiger partial charge on any atom is -0.356 e. The van der Waals surface area contributed by atoms with E-state index < -0.39 is 9.84 Å². The molecule has 0 radical (unpaired) electrons. The second-order valence-corrected chi connectivity index (χ2v) is 10.6. The van der Waals surface area contributed by atoms with Crippen molar-refractivity contribution in [2.24, 2.45) is 4.99 Å². The van der Waals surface area contributed by atoms with E-state index in [0.717, 1.165) is 17.0 Å². The first-order chi connectivity index (χ1) is 12.2. The highest BCUT2D eigenvalue weighted by molar-refractivity contribution is 9.10. The summed E-state index contributed by atoms with van der Waals surface area (Å²) in [6, 6.07) is 8.68. The molecule has 1 aromatic rings. The topological polar surface area (TPSA) is 70.6 Å². The SMILES string of the molecule is CN=C(NCC1(c2ccc(Br)cc2)CCCC1)NC(C)CCS(C)(=O)=O. The molecule has 1 aliphatic carbocycles. The molecule has 0 aromatic heterocycles. The average Bonchev–Trinajstić information content (AvgIpc) is 3.07. The first-order valence-corrected chi connectivity index (χ1v) is 12.0. The number of nitrogens with one attached hydrogen (secondary N) is 2. The number of halogens is 1. The zero-order valence-corrected chi connectivity index (χ0v) is 18.3. The second-order valence-electron chi connectivity index (χ2n) is 7.38. The molecule has 1 aliphatic rings. The lowest BCUT2D eigenvalue weighted by Crippen LogP contribution is -2.47. The molecule has 1 atom stereocenters. The predicted molar refractivity (Wildman–Crippen MR) is 113 cm³/mol. The van der Waals surface area contributed by atoms with Gasteiger partial charge in [-0.25, -0.2) is 8.42 Å². The molecule has 1 aromatic carbocycles. The Morgan fingerprint density at radius 2 is 1.88 bits per heavy atom. The molecular formula is C19H30BrN3O2S. The van der Waals surface area contributed by atoms with Gasteiger partial charge in [-0.1, -0.05) is 40.9 Å². The van der Waals surface area contributed by atoms with Gasteiger partial charge in [0.25, 0.3) is 0 Å². The highest BCUT2D eigenvalue weighted by Crippen LogP contribution is 2.40. The van der Waals surface area contributed by atoms with Crippen LogP contribution in [0, 0.1) is 0 Å². The molecule has 1 saturated carbocycles. The average molecular weight is 444 g/mol. The highest BCUT2D eigenvalue weighted by Gasteiger charge is 2.35. The summed E-state index contributed by atoms with van der Waals surface area (Å²) in [7, 11) is -1.19. The van der Waals surface area contributed by atoms with Crippen molar-refractivity contribution < 1.29 is 8.42 Å². The van der Waals surface area contributed by atoms with Crippen molar-refractivity contribution in [3.05, 3.63) is 34.3 Å². The van der Waals surface area contributed by atoms with Gasteiger partial charge in [0.15, 0.2) is 5.96 Å². The van der Waals surface area contributed by atoms with Crippen LogP contribution in [0.2, 0.25) is 0 Å². The molecule has 0 saturated heterocycles. The van der Waals surface area contributed by atoms with Crippen LogP contribution in [0.4, 0.5) is 0 Å². The third-order valence-electron chi connectivity index (χ3n) is 5.14. The van der Waals surface area contributed by atoms with E-state index >= 15 is 0 Å². The Labute approximate surface area is 166 Å². The number of aliphatic imine (C=N–C) groups is 1. The summed E-state index contributed by atoms with van der Waals surface area (Å²) in [5, 5.41) is 6.78. The van der Waals surface area contributed by atoms with Crippen molar-refractivity contribution in [1.29, 1.82) is 0 Å². The van der Waals surface area contributed by atoms with Gasteiger partial charge in [0.1, 0.15) is 9.84 Å². The summed E-state index contributed by atoms with van der Waals surface area (Å²) in [4.78, 5) is 4.31. The van der Waals surface area contributed by atoms with Crippen LogP contribution in [0.5, 0.6) is 0 Å². The summed E-state index contributed by atoms with van der Waals surface area (Å²) < 4.78 is 23.8. The molecule has 0 aliphatic heterocycles. The minimum atomic E-state index is -2.94. The molecule has 0 spiro atoms. The lowest BCUT2D eigenvalue weighted by atomic mass is 9.79. The lowest BCUT2D eigenvalue weighted by molar-refractivity contribution is 0.430. The molecular weight excluding hydrogens is 414 g/mol. The first-order valence-electron chi connectivity index (χ1n) is 9.15. The summed E-state index contributed by atoms with van der Waals surface area (Å²) in [5.74, 6) is 0.912. The van der Waals surface area contributed by atoms with E-state index in [-0.39, 0.29) is 17.2 Å². The smallest absolute Gasteiger partial charge is 0.191 e. The van der Waals surface area contributed by atoms with Crippen LogP contribution in [0.3, 0.4) is 0 Å². The molecule has 7 heteroatoms. The number of hydrogen-bond donors (Lipinski definition) is 2.